The molecule has 58 valence electrons. The lowest BCUT2D eigenvalue weighted by Crippen LogP contribution is -2.47. The molecule has 1 saturated carbocycles. The summed E-state index contributed by atoms with van der Waals surface area (Å²) >= 11 is 0. The lowest BCUT2D eigenvalue weighted by Gasteiger charge is -2.42. The van der Waals surface area contributed by atoms with E-state index in [0.29, 0.717) is 6.42 Å². The number of methoxy groups -OCH3 is 1. The van der Waals surface area contributed by atoms with Crippen LogP contribution in [0.3, 0.4) is 0 Å². The average Bonchev–Trinajstić information content (AvgIpc) is 1.83. The predicted octanol–water partition coefficient (Wildman–Crippen LogP) is 1.10. The van der Waals surface area contributed by atoms with Crippen LogP contribution in [0, 0.1) is 0 Å². The van der Waals surface area contributed by atoms with Gasteiger partial charge in [-0.3, -0.25) is 0 Å². The highest BCUT2D eigenvalue weighted by Gasteiger charge is 2.41. The van der Waals surface area contributed by atoms with Crippen molar-refractivity contribution in [1.82, 2.24) is 0 Å². The SMILES string of the molecule is C=CCC1(O)CC(OC)C1. The average molecular weight is 142 g/mol. The van der Waals surface area contributed by atoms with Crippen molar-refractivity contribution >= 4 is 0 Å². The van der Waals surface area contributed by atoms with Gasteiger partial charge in [-0.15, -0.1) is 6.58 Å². The predicted molar refractivity (Wildman–Crippen MR) is 39.8 cm³/mol. The quantitative estimate of drug-likeness (QED) is 0.598. The first kappa shape index (κ1) is 7.76. The van der Waals surface area contributed by atoms with Gasteiger partial charge in [0, 0.05) is 20.0 Å². The van der Waals surface area contributed by atoms with Crippen LogP contribution in [-0.4, -0.2) is 23.9 Å². The summed E-state index contributed by atoms with van der Waals surface area (Å²) in [5, 5.41) is 9.56. The zero-order valence-electron chi connectivity index (χ0n) is 6.34. The van der Waals surface area contributed by atoms with Gasteiger partial charge in [0.25, 0.3) is 0 Å². The largest absolute Gasteiger partial charge is 0.389 e. The number of hydrogen-bond donors (Lipinski definition) is 1. The van der Waals surface area contributed by atoms with E-state index >= 15 is 0 Å². The molecule has 0 aromatic heterocycles. The van der Waals surface area contributed by atoms with Crippen molar-refractivity contribution in [2.75, 3.05) is 7.11 Å². The Morgan fingerprint density at radius 1 is 1.80 bits per heavy atom. The Balaban J connectivity index is 2.27. The molecule has 0 bridgehead atoms. The van der Waals surface area contributed by atoms with Gasteiger partial charge in [-0.2, -0.15) is 0 Å². The highest BCUT2D eigenvalue weighted by atomic mass is 16.5. The normalized spacial score (nSPS) is 38.8. The second kappa shape index (κ2) is 2.72. The van der Waals surface area contributed by atoms with Crippen LogP contribution >= 0.6 is 0 Å². The maximum atomic E-state index is 9.56. The zero-order valence-corrected chi connectivity index (χ0v) is 6.34. The molecule has 10 heavy (non-hydrogen) atoms. The molecule has 1 fully saturated rings. The van der Waals surface area contributed by atoms with Gasteiger partial charge in [0.1, 0.15) is 0 Å². The van der Waals surface area contributed by atoms with Gasteiger partial charge in [0.05, 0.1) is 11.7 Å². The fourth-order valence-corrected chi connectivity index (χ4v) is 1.39. The van der Waals surface area contributed by atoms with Gasteiger partial charge in [-0.05, 0) is 6.42 Å². The lowest BCUT2D eigenvalue weighted by atomic mass is 9.75. The molecule has 2 heteroatoms. The monoisotopic (exact) mass is 142 g/mol. The fourth-order valence-electron chi connectivity index (χ4n) is 1.39. The molecular weight excluding hydrogens is 128 g/mol. The van der Waals surface area contributed by atoms with Crippen molar-refractivity contribution < 1.29 is 9.84 Å². The molecule has 0 unspecified atom stereocenters. The molecule has 0 spiro atoms. The second-order valence-electron chi connectivity index (χ2n) is 2.98. The smallest absolute Gasteiger partial charge is 0.0731 e. The van der Waals surface area contributed by atoms with Crippen LogP contribution in [0.25, 0.3) is 0 Å². The summed E-state index contributed by atoms with van der Waals surface area (Å²) in [4.78, 5) is 0. The van der Waals surface area contributed by atoms with Crippen molar-refractivity contribution in [2.45, 2.75) is 31.0 Å². The molecule has 0 aromatic rings. The van der Waals surface area contributed by atoms with Crippen molar-refractivity contribution in [3.63, 3.8) is 0 Å². The Morgan fingerprint density at radius 2 is 2.40 bits per heavy atom. The van der Waals surface area contributed by atoms with Gasteiger partial charge >= 0.3 is 0 Å². The Kier molecular flexibility index (Phi) is 2.11. The van der Waals surface area contributed by atoms with Crippen LogP contribution in [0.2, 0.25) is 0 Å². The summed E-state index contributed by atoms with van der Waals surface area (Å²) in [7, 11) is 1.68. The van der Waals surface area contributed by atoms with E-state index in [9.17, 15) is 5.11 Å². The van der Waals surface area contributed by atoms with E-state index in [4.69, 9.17) is 4.74 Å². The fraction of sp³-hybridized carbons (Fsp3) is 0.750. The molecule has 1 rings (SSSR count). The molecule has 0 atom stereocenters. The summed E-state index contributed by atoms with van der Waals surface area (Å²) in [6.07, 6.45) is 4.23. The van der Waals surface area contributed by atoms with Crippen molar-refractivity contribution in [3.05, 3.63) is 12.7 Å². The summed E-state index contributed by atoms with van der Waals surface area (Å²) in [5.41, 5.74) is -0.498. The lowest BCUT2D eigenvalue weighted by molar-refractivity contribution is -0.124. The van der Waals surface area contributed by atoms with Crippen molar-refractivity contribution in [3.8, 4) is 0 Å². The molecule has 0 amide bonds. The van der Waals surface area contributed by atoms with E-state index in [1.54, 1.807) is 13.2 Å². The van der Waals surface area contributed by atoms with Crippen molar-refractivity contribution in [1.29, 1.82) is 0 Å². The first-order valence-electron chi connectivity index (χ1n) is 3.56. The molecule has 0 heterocycles. The highest BCUT2D eigenvalue weighted by Crippen LogP contribution is 2.36. The first-order valence-corrected chi connectivity index (χ1v) is 3.56. The van der Waals surface area contributed by atoms with E-state index < -0.39 is 5.60 Å². The minimum Gasteiger partial charge on any atom is -0.389 e. The summed E-state index contributed by atoms with van der Waals surface area (Å²) in [6, 6.07) is 0. The molecule has 1 aliphatic rings. The van der Waals surface area contributed by atoms with Crippen molar-refractivity contribution in [2.24, 2.45) is 0 Å². The number of ether oxygens (including phenoxy) is 1. The van der Waals surface area contributed by atoms with Gasteiger partial charge in [-0.1, -0.05) is 6.08 Å². The van der Waals surface area contributed by atoms with E-state index in [-0.39, 0.29) is 6.10 Å². The summed E-state index contributed by atoms with van der Waals surface area (Å²) in [5.74, 6) is 0. The topological polar surface area (TPSA) is 29.5 Å². The molecule has 1 aliphatic carbocycles. The molecule has 0 aliphatic heterocycles. The van der Waals surface area contributed by atoms with Crippen LogP contribution in [0.4, 0.5) is 0 Å². The van der Waals surface area contributed by atoms with Gasteiger partial charge in [-0.25, -0.2) is 0 Å². The van der Waals surface area contributed by atoms with Crippen LogP contribution < -0.4 is 0 Å². The second-order valence-corrected chi connectivity index (χ2v) is 2.98. The molecule has 1 N–H and O–H groups in total. The molecule has 0 aromatic carbocycles. The number of rotatable bonds is 3. The minimum absolute atomic E-state index is 0.268. The third-order valence-electron chi connectivity index (χ3n) is 2.07. The number of aliphatic hydroxyl groups is 1. The maximum Gasteiger partial charge on any atom is 0.0731 e. The Morgan fingerprint density at radius 3 is 2.80 bits per heavy atom. The minimum atomic E-state index is -0.498. The van der Waals surface area contributed by atoms with Crippen LogP contribution in [0.1, 0.15) is 19.3 Å². The standard InChI is InChI=1S/C8H14O2/c1-3-4-8(9)5-7(6-8)10-2/h3,7,9H,1,4-6H2,2H3. The first-order chi connectivity index (χ1) is 4.70. The van der Waals surface area contributed by atoms with Crippen LogP contribution in [0.5, 0.6) is 0 Å². The third kappa shape index (κ3) is 1.39. The summed E-state index contributed by atoms with van der Waals surface area (Å²) < 4.78 is 5.03. The number of hydrogen-bond acceptors (Lipinski definition) is 2. The van der Waals surface area contributed by atoms with E-state index in [1.807, 2.05) is 0 Å². The Labute approximate surface area is 61.5 Å². The van der Waals surface area contributed by atoms with E-state index in [0.717, 1.165) is 12.8 Å². The Hall–Kier alpha value is -0.340. The summed E-state index contributed by atoms with van der Waals surface area (Å²) in [6.45, 7) is 3.58. The zero-order chi connectivity index (χ0) is 7.61. The molecular formula is C8H14O2. The third-order valence-corrected chi connectivity index (χ3v) is 2.07. The van der Waals surface area contributed by atoms with Gasteiger partial charge < -0.3 is 9.84 Å². The van der Waals surface area contributed by atoms with Gasteiger partial charge in [0.15, 0.2) is 0 Å². The molecule has 0 radical (unpaired) electrons. The molecule has 0 saturated heterocycles. The Bertz CT molecular complexity index is 125. The highest BCUT2D eigenvalue weighted by molar-refractivity contribution is 4.98. The van der Waals surface area contributed by atoms with Gasteiger partial charge in [0.2, 0.25) is 0 Å². The van der Waals surface area contributed by atoms with E-state index in [2.05, 4.69) is 6.58 Å². The van der Waals surface area contributed by atoms with Crippen LogP contribution in [-0.2, 0) is 4.74 Å². The van der Waals surface area contributed by atoms with Crippen LogP contribution in [0.15, 0.2) is 12.7 Å². The molecule has 2 nitrogen and oxygen atoms in total. The maximum absolute atomic E-state index is 9.56. The van der Waals surface area contributed by atoms with E-state index in [1.165, 1.54) is 0 Å².